The van der Waals surface area contributed by atoms with E-state index in [0.29, 0.717) is 11.5 Å². The summed E-state index contributed by atoms with van der Waals surface area (Å²) in [7, 11) is 1.79. The number of ether oxygens (including phenoxy) is 1. The highest BCUT2D eigenvalue weighted by Crippen LogP contribution is 2.19. The summed E-state index contributed by atoms with van der Waals surface area (Å²) in [5, 5.41) is 8.80. The molecule has 7 heteroatoms. The van der Waals surface area contributed by atoms with Crippen molar-refractivity contribution in [2.24, 2.45) is 0 Å². The Balaban J connectivity index is 1.98. The Bertz CT molecular complexity index is 665. The van der Waals surface area contributed by atoms with Crippen LogP contribution in [0.1, 0.15) is 20.8 Å². The van der Waals surface area contributed by atoms with E-state index < -0.39 is 11.7 Å². The lowest BCUT2D eigenvalue weighted by Gasteiger charge is -2.19. The third-order valence-electron chi connectivity index (χ3n) is 2.73. The highest BCUT2D eigenvalue weighted by molar-refractivity contribution is 5.85. The molecule has 23 heavy (non-hydrogen) atoms. The molecular weight excluding hydrogens is 294 g/mol. The van der Waals surface area contributed by atoms with Gasteiger partial charge in [0.05, 0.1) is 0 Å². The average Bonchev–Trinajstić information content (AvgIpc) is 2.47. The van der Waals surface area contributed by atoms with E-state index in [0.717, 1.165) is 11.5 Å². The van der Waals surface area contributed by atoms with Crippen molar-refractivity contribution >= 4 is 29.1 Å². The Morgan fingerprint density at radius 2 is 1.65 bits per heavy atom. The number of aromatic nitrogens is 2. The lowest BCUT2D eigenvalue weighted by atomic mass is 10.2. The van der Waals surface area contributed by atoms with E-state index >= 15 is 0 Å². The van der Waals surface area contributed by atoms with Crippen LogP contribution in [0.15, 0.2) is 36.7 Å². The Morgan fingerprint density at radius 3 is 2.26 bits per heavy atom. The fraction of sp³-hybridized carbons (Fsp3) is 0.312. The lowest BCUT2D eigenvalue weighted by Crippen LogP contribution is -2.27. The van der Waals surface area contributed by atoms with Crippen molar-refractivity contribution in [1.82, 2.24) is 9.97 Å². The molecule has 1 amide bonds. The zero-order valence-corrected chi connectivity index (χ0v) is 13.7. The van der Waals surface area contributed by atoms with Crippen LogP contribution < -0.4 is 16.0 Å². The predicted octanol–water partition coefficient (Wildman–Crippen LogP) is 3.61. The maximum Gasteiger partial charge on any atom is 0.412 e. The molecule has 0 aliphatic heterocycles. The summed E-state index contributed by atoms with van der Waals surface area (Å²) in [6, 6.07) is 9.05. The van der Waals surface area contributed by atoms with Crippen molar-refractivity contribution in [3.05, 3.63) is 36.7 Å². The van der Waals surface area contributed by atoms with Gasteiger partial charge in [0, 0.05) is 24.5 Å². The van der Waals surface area contributed by atoms with Crippen LogP contribution in [0.5, 0.6) is 0 Å². The normalized spacial score (nSPS) is 10.8. The lowest BCUT2D eigenvalue weighted by molar-refractivity contribution is 0.0636. The first kappa shape index (κ1) is 16.5. The summed E-state index contributed by atoms with van der Waals surface area (Å²) in [6.07, 6.45) is 1.000. The minimum absolute atomic E-state index is 0.479. The van der Waals surface area contributed by atoms with Crippen molar-refractivity contribution in [2.75, 3.05) is 23.0 Å². The number of carbonyl (C=O) groups is 1. The van der Waals surface area contributed by atoms with Crippen molar-refractivity contribution in [2.45, 2.75) is 26.4 Å². The van der Waals surface area contributed by atoms with Crippen LogP contribution in [0.25, 0.3) is 0 Å². The molecule has 3 N–H and O–H groups in total. The number of nitrogens with one attached hydrogen (secondary N) is 3. The second-order valence-corrected chi connectivity index (χ2v) is 5.87. The summed E-state index contributed by atoms with van der Waals surface area (Å²) in [6.45, 7) is 5.46. The van der Waals surface area contributed by atoms with Crippen LogP contribution >= 0.6 is 0 Å². The highest BCUT2D eigenvalue weighted by Gasteiger charge is 2.16. The standard InChI is InChI=1S/C16H21N5O2/c1-16(2,3)23-15(22)21-12-7-5-11(6-8-12)20-14-9-13(17-4)18-10-19-14/h5-10H,1-4H3,(H,21,22)(H2,17,18,19,20). The van der Waals surface area contributed by atoms with Gasteiger partial charge in [0.25, 0.3) is 0 Å². The topological polar surface area (TPSA) is 88.2 Å². The first-order valence-electron chi connectivity index (χ1n) is 7.22. The van der Waals surface area contributed by atoms with E-state index in [1.165, 1.54) is 6.33 Å². The number of hydrogen-bond donors (Lipinski definition) is 3. The number of nitrogens with zero attached hydrogens (tertiary/aromatic N) is 2. The average molecular weight is 315 g/mol. The third kappa shape index (κ3) is 5.46. The number of hydrogen-bond acceptors (Lipinski definition) is 6. The SMILES string of the molecule is CNc1cc(Nc2ccc(NC(=O)OC(C)(C)C)cc2)ncn1. The molecule has 2 rings (SSSR count). The fourth-order valence-electron chi connectivity index (χ4n) is 1.77. The maximum absolute atomic E-state index is 11.7. The van der Waals surface area contributed by atoms with E-state index in [9.17, 15) is 4.79 Å². The number of amides is 1. The summed E-state index contributed by atoms with van der Waals surface area (Å²) in [5.74, 6) is 1.41. The quantitative estimate of drug-likeness (QED) is 0.799. The van der Waals surface area contributed by atoms with Crippen molar-refractivity contribution in [3.8, 4) is 0 Å². The molecule has 1 heterocycles. The highest BCUT2D eigenvalue weighted by atomic mass is 16.6. The first-order chi connectivity index (χ1) is 10.9. The Morgan fingerprint density at radius 1 is 1.04 bits per heavy atom. The summed E-state index contributed by atoms with van der Waals surface area (Å²) < 4.78 is 5.20. The minimum Gasteiger partial charge on any atom is -0.444 e. The van der Waals surface area contributed by atoms with Gasteiger partial charge in [-0.15, -0.1) is 0 Å². The van der Waals surface area contributed by atoms with Crippen LogP contribution in [0, 0.1) is 0 Å². The molecule has 2 aromatic rings. The second-order valence-electron chi connectivity index (χ2n) is 5.87. The molecule has 7 nitrogen and oxygen atoms in total. The van der Waals surface area contributed by atoms with Gasteiger partial charge in [0.2, 0.25) is 0 Å². The molecule has 0 saturated carbocycles. The van der Waals surface area contributed by atoms with Crippen LogP contribution in [-0.2, 0) is 4.74 Å². The predicted molar refractivity (Wildman–Crippen MR) is 91.2 cm³/mol. The third-order valence-corrected chi connectivity index (χ3v) is 2.73. The molecule has 0 fully saturated rings. The monoisotopic (exact) mass is 315 g/mol. The van der Waals surface area contributed by atoms with Gasteiger partial charge < -0.3 is 15.4 Å². The zero-order valence-electron chi connectivity index (χ0n) is 13.7. The molecule has 0 bridgehead atoms. The molecule has 122 valence electrons. The molecule has 1 aromatic heterocycles. The molecule has 0 aliphatic carbocycles. The smallest absolute Gasteiger partial charge is 0.412 e. The Hall–Kier alpha value is -2.83. The molecule has 0 atom stereocenters. The summed E-state index contributed by atoms with van der Waals surface area (Å²) in [5.41, 5.74) is 0.979. The summed E-state index contributed by atoms with van der Waals surface area (Å²) in [4.78, 5) is 19.9. The van der Waals surface area contributed by atoms with Gasteiger partial charge in [0.15, 0.2) is 0 Å². The van der Waals surface area contributed by atoms with Gasteiger partial charge in [-0.3, -0.25) is 5.32 Å². The van der Waals surface area contributed by atoms with Crippen molar-refractivity contribution < 1.29 is 9.53 Å². The van der Waals surface area contributed by atoms with Crippen molar-refractivity contribution in [3.63, 3.8) is 0 Å². The fourth-order valence-corrected chi connectivity index (χ4v) is 1.77. The van der Waals surface area contributed by atoms with Gasteiger partial charge in [0.1, 0.15) is 23.6 Å². The van der Waals surface area contributed by atoms with Crippen LogP contribution in [0.2, 0.25) is 0 Å². The second kappa shape index (κ2) is 6.95. The Kier molecular flexibility index (Phi) is 5.00. The van der Waals surface area contributed by atoms with E-state index in [-0.39, 0.29) is 0 Å². The van der Waals surface area contributed by atoms with E-state index in [2.05, 4.69) is 25.9 Å². The Labute approximate surface area is 135 Å². The number of rotatable bonds is 4. The molecule has 0 radical (unpaired) electrons. The van der Waals surface area contributed by atoms with Crippen molar-refractivity contribution in [1.29, 1.82) is 0 Å². The van der Waals surface area contributed by atoms with E-state index in [1.54, 1.807) is 25.2 Å². The number of benzene rings is 1. The van der Waals surface area contributed by atoms with Gasteiger partial charge in [-0.05, 0) is 45.0 Å². The zero-order chi connectivity index (χ0) is 16.9. The van der Waals surface area contributed by atoms with Gasteiger partial charge in [-0.1, -0.05) is 0 Å². The van der Waals surface area contributed by atoms with Gasteiger partial charge in [-0.25, -0.2) is 14.8 Å². The molecule has 0 spiro atoms. The van der Waals surface area contributed by atoms with Crippen LogP contribution in [0.3, 0.4) is 0 Å². The molecule has 0 saturated heterocycles. The van der Waals surface area contributed by atoms with Crippen LogP contribution in [-0.4, -0.2) is 28.7 Å². The largest absolute Gasteiger partial charge is 0.444 e. The minimum atomic E-state index is -0.524. The molecular formula is C16H21N5O2. The molecule has 0 unspecified atom stereocenters. The van der Waals surface area contributed by atoms with Crippen LogP contribution in [0.4, 0.5) is 27.8 Å². The van der Waals surface area contributed by atoms with E-state index in [1.807, 2.05) is 32.9 Å². The molecule has 1 aromatic carbocycles. The maximum atomic E-state index is 11.7. The van der Waals surface area contributed by atoms with Gasteiger partial charge in [-0.2, -0.15) is 0 Å². The van der Waals surface area contributed by atoms with E-state index in [4.69, 9.17) is 4.74 Å². The number of carbonyl (C=O) groups excluding carboxylic acids is 1. The molecule has 0 aliphatic rings. The van der Waals surface area contributed by atoms with Gasteiger partial charge >= 0.3 is 6.09 Å². The summed E-state index contributed by atoms with van der Waals surface area (Å²) >= 11 is 0. The first-order valence-corrected chi connectivity index (χ1v) is 7.22. The number of anilines is 4.